The van der Waals surface area contributed by atoms with Crippen LogP contribution in [0.25, 0.3) is 10.9 Å². The van der Waals surface area contributed by atoms with Gasteiger partial charge in [-0.05, 0) is 43.0 Å². The fourth-order valence-corrected chi connectivity index (χ4v) is 4.22. The van der Waals surface area contributed by atoms with Crippen molar-refractivity contribution < 1.29 is 14.3 Å². The van der Waals surface area contributed by atoms with Crippen LogP contribution in [0.3, 0.4) is 0 Å². The summed E-state index contributed by atoms with van der Waals surface area (Å²) in [5, 5.41) is 13.0. The van der Waals surface area contributed by atoms with Crippen molar-refractivity contribution >= 4 is 34.5 Å². The normalized spacial score (nSPS) is 12.7. The predicted octanol–water partition coefficient (Wildman–Crippen LogP) is 3.57. The van der Waals surface area contributed by atoms with Gasteiger partial charge in [0.25, 0.3) is 5.56 Å². The molecule has 1 amide bonds. The van der Waals surface area contributed by atoms with Gasteiger partial charge in [0.15, 0.2) is 5.16 Å². The van der Waals surface area contributed by atoms with Crippen LogP contribution in [-0.2, 0) is 22.5 Å². The number of methoxy groups -OCH3 is 1. The quantitative estimate of drug-likeness (QED) is 0.276. The number of carbonyl (C=O) groups is 2. The second kappa shape index (κ2) is 11.2. The molecule has 9 heteroatoms. The molecule has 1 N–H and O–H groups in total. The molecule has 3 aromatic rings. The smallest absolute Gasteiger partial charge is 0.337 e. The summed E-state index contributed by atoms with van der Waals surface area (Å²) < 4.78 is 6.33. The molecule has 8 nitrogen and oxygen atoms in total. The minimum atomic E-state index is -1.00. The highest BCUT2D eigenvalue weighted by atomic mass is 32.2. The lowest BCUT2D eigenvalue weighted by atomic mass is 9.90. The molecule has 1 atom stereocenters. The Bertz CT molecular complexity index is 1330. The zero-order chi connectivity index (χ0) is 25.6. The number of aryl methyl sites for hydroxylation is 1. The van der Waals surface area contributed by atoms with Crippen LogP contribution in [0, 0.1) is 17.2 Å². The molecule has 1 unspecified atom stereocenters. The van der Waals surface area contributed by atoms with Crippen LogP contribution in [-0.4, -0.2) is 39.8 Å². The Labute approximate surface area is 208 Å². The Hall–Kier alpha value is -3.64. The van der Waals surface area contributed by atoms with E-state index >= 15 is 0 Å². The second-order valence-corrected chi connectivity index (χ2v) is 9.56. The number of carbonyl (C=O) groups excluding carboxylic acids is 2. The average Bonchev–Trinajstić information content (AvgIpc) is 2.86. The van der Waals surface area contributed by atoms with Gasteiger partial charge in [-0.2, -0.15) is 5.26 Å². The van der Waals surface area contributed by atoms with E-state index in [0.29, 0.717) is 29.0 Å². The second-order valence-electron chi connectivity index (χ2n) is 8.62. The molecule has 0 aliphatic rings. The Balaban J connectivity index is 1.95. The van der Waals surface area contributed by atoms with Crippen LogP contribution in [0.2, 0.25) is 0 Å². The molecule has 0 fully saturated rings. The maximum absolute atomic E-state index is 13.4. The van der Waals surface area contributed by atoms with E-state index in [9.17, 15) is 19.6 Å². The number of amides is 1. The average molecular weight is 493 g/mol. The monoisotopic (exact) mass is 492 g/mol. The van der Waals surface area contributed by atoms with Crippen LogP contribution >= 0.6 is 11.8 Å². The fourth-order valence-electron chi connectivity index (χ4n) is 3.40. The molecule has 0 bridgehead atoms. The SMILES string of the molecule is COC(=O)c1ccc2c(=O)n(CCc3ccccc3)c(SCC(=O)NC(C)(C#N)C(C)C)nc2c1. The van der Waals surface area contributed by atoms with Crippen LogP contribution in [0.5, 0.6) is 0 Å². The number of aromatic nitrogens is 2. The lowest BCUT2D eigenvalue weighted by Gasteiger charge is -2.27. The van der Waals surface area contributed by atoms with E-state index in [1.54, 1.807) is 17.6 Å². The molecule has 0 saturated heterocycles. The lowest BCUT2D eigenvalue weighted by Crippen LogP contribution is -2.49. The molecule has 1 aromatic heterocycles. The van der Waals surface area contributed by atoms with Crippen molar-refractivity contribution in [3.8, 4) is 6.07 Å². The first-order valence-corrected chi connectivity index (χ1v) is 12.2. The summed E-state index contributed by atoms with van der Waals surface area (Å²) in [6.07, 6.45) is 0.605. The summed E-state index contributed by atoms with van der Waals surface area (Å²) in [5.41, 5.74) is 0.437. The zero-order valence-electron chi connectivity index (χ0n) is 20.2. The summed E-state index contributed by atoms with van der Waals surface area (Å²) in [6, 6.07) is 16.5. The summed E-state index contributed by atoms with van der Waals surface area (Å²) in [6.45, 7) is 5.78. The molecule has 0 aliphatic carbocycles. The number of thioether (sulfide) groups is 1. The number of nitrogens with zero attached hydrogens (tertiary/aromatic N) is 3. The van der Waals surface area contributed by atoms with Gasteiger partial charge in [0.05, 0.1) is 35.4 Å². The highest BCUT2D eigenvalue weighted by Gasteiger charge is 2.30. The van der Waals surface area contributed by atoms with Crippen molar-refractivity contribution in [1.29, 1.82) is 5.26 Å². The van der Waals surface area contributed by atoms with Crippen molar-refractivity contribution in [3.63, 3.8) is 0 Å². The van der Waals surface area contributed by atoms with E-state index in [-0.39, 0.29) is 28.7 Å². The fraction of sp³-hybridized carbons (Fsp3) is 0.346. The maximum atomic E-state index is 13.4. The van der Waals surface area contributed by atoms with Gasteiger partial charge >= 0.3 is 5.97 Å². The van der Waals surface area contributed by atoms with Gasteiger partial charge in [-0.3, -0.25) is 14.2 Å². The van der Waals surface area contributed by atoms with E-state index < -0.39 is 11.5 Å². The summed E-state index contributed by atoms with van der Waals surface area (Å²) in [4.78, 5) is 42.6. The highest BCUT2D eigenvalue weighted by molar-refractivity contribution is 7.99. The Morgan fingerprint density at radius 2 is 1.94 bits per heavy atom. The summed E-state index contributed by atoms with van der Waals surface area (Å²) in [5.74, 6) is -0.967. The number of rotatable bonds is 9. The van der Waals surface area contributed by atoms with Crippen LogP contribution in [0.15, 0.2) is 58.5 Å². The third-order valence-corrected chi connectivity index (χ3v) is 6.90. The van der Waals surface area contributed by atoms with Crippen LogP contribution in [0.1, 0.15) is 36.7 Å². The van der Waals surface area contributed by atoms with Crippen molar-refractivity contribution in [2.45, 2.75) is 44.4 Å². The highest BCUT2D eigenvalue weighted by Crippen LogP contribution is 2.21. The number of hydrogen-bond donors (Lipinski definition) is 1. The molecule has 0 saturated carbocycles. The minimum absolute atomic E-state index is 0.0238. The van der Waals surface area contributed by atoms with Gasteiger partial charge in [-0.1, -0.05) is 55.9 Å². The Morgan fingerprint density at radius 3 is 2.57 bits per heavy atom. The summed E-state index contributed by atoms with van der Waals surface area (Å²) >= 11 is 1.12. The molecule has 0 radical (unpaired) electrons. The van der Waals surface area contributed by atoms with Gasteiger partial charge in [0.2, 0.25) is 5.91 Å². The number of esters is 1. The van der Waals surface area contributed by atoms with Gasteiger partial charge in [-0.15, -0.1) is 0 Å². The number of ether oxygens (including phenoxy) is 1. The van der Waals surface area contributed by atoms with E-state index in [0.717, 1.165) is 17.3 Å². The lowest BCUT2D eigenvalue weighted by molar-refractivity contribution is -0.120. The van der Waals surface area contributed by atoms with E-state index in [1.165, 1.54) is 19.2 Å². The third-order valence-electron chi connectivity index (χ3n) is 5.93. The van der Waals surface area contributed by atoms with Gasteiger partial charge < -0.3 is 10.1 Å². The first-order valence-electron chi connectivity index (χ1n) is 11.2. The van der Waals surface area contributed by atoms with Gasteiger partial charge in [0, 0.05) is 6.54 Å². The first-order chi connectivity index (χ1) is 16.7. The third kappa shape index (κ3) is 6.08. The standard InChI is InChI=1S/C26H28N4O4S/c1-17(2)26(3,16-27)29-22(31)15-35-25-28-21-14-19(24(33)34-4)10-11-20(21)23(32)30(25)13-12-18-8-6-5-7-9-18/h5-11,14,17H,12-13,15H2,1-4H3,(H,29,31). The largest absolute Gasteiger partial charge is 0.465 e. The first kappa shape index (κ1) is 26.0. The van der Waals surface area contributed by atoms with Gasteiger partial charge in [0.1, 0.15) is 5.54 Å². The molecule has 0 spiro atoms. The Kier molecular flexibility index (Phi) is 8.30. The van der Waals surface area contributed by atoms with Crippen LogP contribution < -0.4 is 10.9 Å². The van der Waals surface area contributed by atoms with E-state index in [1.807, 2.05) is 44.2 Å². The minimum Gasteiger partial charge on any atom is -0.465 e. The number of nitriles is 1. The molecule has 182 valence electrons. The predicted molar refractivity (Wildman–Crippen MR) is 135 cm³/mol. The van der Waals surface area contributed by atoms with Crippen molar-refractivity contribution in [2.24, 2.45) is 5.92 Å². The maximum Gasteiger partial charge on any atom is 0.337 e. The molecule has 1 heterocycles. The van der Waals surface area contributed by atoms with E-state index in [2.05, 4.69) is 16.4 Å². The molecule has 0 aliphatic heterocycles. The molecule has 3 rings (SSSR count). The molecular formula is C26H28N4O4S. The summed E-state index contributed by atoms with van der Waals surface area (Å²) in [7, 11) is 1.29. The Morgan fingerprint density at radius 1 is 1.23 bits per heavy atom. The van der Waals surface area contributed by atoms with Gasteiger partial charge in [-0.25, -0.2) is 9.78 Å². The van der Waals surface area contributed by atoms with Crippen molar-refractivity contribution in [1.82, 2.24) is 14.9 Å². The number of fused-ring (bicyclic) bond motifs is 1. The number of benzene rings is 2. The number of nitrogens with one attached hydrogen (secondary N) is 1. The molecule has 35 heavy (non-hydrogen) atoms. The zero-order valence-corrected chi connectivity index (χ0v) is 21.0. The van der Waals surface area contributed by atoms with Crippen molar-refractivity contribution in [3.05, 3.63) is 70.0 Å². The van der Waals surface area contributed by atoms with Crippen LogP contribution in [0.4, 0.5) is 0 Å². The molecule has 2 aromatic carbocycles. The van der Waals surface area contributed by atoms with Crippen molar-refractivity contribution in [2.75, 3.05) is 12.9 Å². The topological polar surface area (TPSA) is 114 Å². The molecular weight excluding hydrogens is 464 g/mol. The number of hydrogen-bond acceptors (Lipinski definition) is 7. The van der Waals surface area contributed by atoms with E-state index in [4.69, 9.17) is 4.74 Å².